The zero-order valence-corrected chi connectivity index (χ0v) is 12.8. The number of carbonyl (C=O) groups excluding carboxylic acids is 1. The molecular weight excluding hydrogens is 288 g/mol. The normalized spacial score (nSPS) is 12.7. The van der Waals surface area contributed by atoms with Crippen LogP contribution < -0.4 is 5.32 Å². The Bertz CT molecular complexity index is 638. The predicted octanol–water partition coefficient (Wildman–Crippen LogP) is 3.71. The summed E-state index contributed by atoms with van der Waals surface area (Å²) in [5, 5.41) is 2.82. The molecule has 0 spiro atoms. The summed E-state index contributed by atoms with van der Waals surface area (Å²) in [7, 11) is 0. The summed E-state index contributed by atoms with van der Waals surface area (Å²) in [5.74, 6) is -0.417. The number of nitrogens with zero attached hydrogens (tertiary/aromatic N) is 2. The van der Waals surface area contributed by atoms with Gasteiger partial charge in [-0.3, -0.25) is 14.3 Å². The Morgan fingerprint density at radius 2 is 2.00 bits per heavy atom. The van der Waals surface area contributed by atoms with Crippen LogP contribution in [0.4, 0.5) is 8.78 Å². The molecule has 1 atom stereocenters. The molecule has 1 N–H and O–H groups in total. The maximum atomic E-state index is 13.1. The summed E-state index contributed by atoms with van der Waals surface area (Å²) >= 11 is 0. The van der Waals surface area contributed by atoms with Crippen molar-refractivity contribution in [2.75, 3.05) is 0 Å². The lowest BCUT2D eigenvalue weighted by Gasteiger charge is -2.23. The number of aryl methyl sites for hydroxylation is 1. The summed E-state index contributed by atoms with van der Waals surface area (Å²) in [6.07, 6.45) is 3.32. The molecule has 2 heterocycles. The molecule has 1 unspecified atom stereocenters. The topological polar surface area (TPSA) is 46.9 Å². The molecule has 0 saturated heterocycles. The second-order valence-electron chi connectivity index (χ2n) is 5.49. The second-order valence-corrected chi connectivity index (χ2v) is 5.49. The summed E-state index contributed by atoms with van der Waals surface area (Å²) in [6, 6.07) is 6.27. The standard InChI is InChI=1S/C16H19F2N3O/c1-10(2)14(12-5-4-8-19-9-12)20-15(22)13-7-6-11(3)21(13)16(17)18/h4-10,14,16H,1-3H3,(H,20,22). The molecule has 0 fully saturated rings. The smallest absolute Gasteiger partial charge is 0.319 e. The number of halogens is 2. The van der Waals surface area contributed by atoms with Crippen LogP contribution in [0.1, 0.15) is 48.2 Å². The molecular formula is C16H19F2N3O. The third kappa shape index (κ3) is 3.32. The van der Waals surface area contributed by atoms with Crippen molar-refractivity contribution >= 4 is 5.91 Å². The third-order valence-corrected chi connectivity index (χ3v) is 3.55. The van der Waals surface area contributed by atoms with Crippen molar-refractivity contribution in [3.05, 3.63) is 53.6 Å². The molecule has 0 aromatic carbocycles. The van der Waals surface area contributed by atoms with Crippen molar-refractivity contribution < 1.29 is 13.6 Å². The Labute approximate surface area is 128 Å². The number of alkyl halides is 2. The van der Waals surface area contributed by atoms with Gasteiger partial charge in [0.15, 0.2) is 0 Å². The van der Waals surface area contributed by atoms with E-state index in [0.717, 1.165) is 10.1 Å². The average Bonchev–Trinajstić information content (AvgIpc) is 2.87. The fraction of sp³-hybridized carbons (Fsp3) is 0.375. The quantitative estimate of drug-likeness (QED) is 0.915. The third-order valence-electron chi connectivity index (χ3n) is 3.55. The number of hydrogen-bond acceptors (Lipinski definition) is 2. The molecule has 2 aromatic rings. The van der Waals surface area contributed by atoms with Crippen molar-refractivity contribution in [1.29, 1.82) is 0 Å². The van der Waals surface area contributed by atoms with Gasteiger partial charge in [-0.1, -0.05) is 19.9 Å². The average molecular weight is 307 g/mol. The van der Waals surface area contributed by atoms with Gasteiger partial charge in [-0.05, 0) is 36.6 Å². The molecule has 2 aromatic heterocycles. The maximum absolute atomic E-state index is 13.1. The molecule has 0 aliphatic rings. The van der Waals surface area contributed by atoms with Gasteiger partial charge in [0, 0.05) is 18.1 Å². The maximum Gasteiger partial charge on any atom is 0.319 e. The van der Waals surface area contributed by atoms with Crippen LogP contribution in [0.25, 0.3) is 0 Å². The van der Waals surface area contributed by atoms with Gasteiger partial charge in [0.25, 0.3) is 5.91 Å². The SMILES string of the molecule is Cc1ccc(C(=O)NC(c2cccnc2)C(C)C)n1C(F)F. The Hall–Kier alpha value is -2.24. The van der Waals surface area contributed by atoms with E-state index in [0.29, 0.717) is 5.69 Å². The molecule has 1 amide bonds. The van der Waals surface area contributed by atoms with Crippen molar-refractivity contribution in [3.63, 3.8) is 0 Å². The summed E-state index contributed by atoms with van der Waals surface area (Å²) in [4.78, 5) is 16.4. The number of carbonyl (C=O) groups is 1. The first-order valence-electron chi connectivity index (χ1n) is 7.08. The second kappa shape index (κ2) is 6.68. The predicted molar refractivity (Wildman–Crippen MR) is 79.7 cm³/mol. The summed E-state index contributed by atoms with van der Waals surface area (Å²) in [6.45, 7) is 2.71. The van der Waals surface area contributed by atoms with E-state index in [1.54, 1.807) is 25.4 Å². The van der Waals surface area contributed by atoms with Gasteiger partial charge in [0.2, 0.25) is 0 Å². The van der Waals surface area contributed by atoms with Gasteiger partial charge in [-0.2, -0.15) is 8.78 Å². The van der Waals surface area contributed by atoms with E-state index in [9.17, 15) is 13.6 Å². The Morgan fingerprint density at radius 3 is 2.55 bits per heavy atom. The molecule has 118 valence electrons. The van der Waals surface area contributed by atoms with Crippen LogP contribution in [0.3, 0.4) is 0 Å². The van der Waals surface area contributed by atoms with Crippen LogP contribution in [0, 0.1) is 12.8 Å². The van der Waals surface area contributed by atoms with Gasteiger partial charge >= 0.3 is 6.55 Å². The first-order valence-corrected chi connectivity index (χ1v) is 7.08. The van der Waals surface area contributed by atoms with E-state index in [1.807, 2.05) is 19.9 Å². The Kier molecular flexibility index (Phi) is 4.90. The van der Waals surface area contributed by atoms with E-state index in [2.05, 4.69) is 10.3 Å². The Balaban J connectivity index is 2.26. The van der Waals surface area contributed by atoms with E-state index >= 15 is 0 Å². The Morgan fingerprint density at radius 1 is 1.27 bits per heavy atom. The number of pyridine rings is 1. The fourth-order valence-electron chi connectivity index (χ4n) is 2.40. The summed E-state index contributed by atoms with van der Waals surface area (Å²) < 4.78 is 26.9. The number of amides is 1. The molecule has 0 aliphatic carbocycles. The van der Waals surface area contributed by atoms with Crippen LogP contribution in [-0.4, -0.2) is 15.5 Å². The zero-order chi connectivity index (χ0) is 16.3. The molecule has 6 heteroatoms. The number of aromatic nitrogens is 2. The number of rotatable bonds is 5. The van der Waals surface area contributed by atoms with Gasteiger partial charge in [-0.15, -0.1) is 0 Å². The number of nitrogens with one attached hydrogen (secondary N) is 1. The minimum atomic E-state index is -2.74. The van der Waals surface area contributed by atoms with Crippen LogP contribution in [0.15, 0.2) is 36.7 Å². The first-order chi connectivity index (χ1) is 10.4. The van der Waals surface area contributed by atoms with Crippen molar-refractivity contribution in [2.24, 2.45) is 5.92 Å². The van der Waals surface area contributed by atoms with Crippen LogP contribution >= 0.6 is 0 Å². The minimum Gasteiger partial charge on any atom is -0.344 e. The molecule has 4 nitrogen and oxygen atoms in total. The fourth-order valence-corrected chi connectivity index (χ4v) is 2.40. The van der Waals surface area contributed by atoms with Crippen LogP contribution in [-0.2, 0) is 0 Å². The van der Waals surface area contributed by atoms with Gasteiger partial charge < -0.3 is 5.32 Å². The van der Waals surface area contributed by atoms with Crippen LogP contribution in [0.2, 0.25) is 0 Å². The molecule has 0 aliphatic heterocycles. The molecule has 22 heavy (non-hydrogen) atoms. The summed E-state index contributed by atoms with van der Waals surface area (Å²) in [5.41, 5.74) is 1.15. The highest BCUT2D eigenvalue weighted by atomic mass is 19.3. The van der Waals surface area contributed by atoms with Gasteiger partial charge in [-0.25, -0.2) is 0 Å². The highest BCUT2D eigenvalue weighted by molar-refractivity contribution is 5.93. The molecule has 2 rings (SSSR count). The molecule has 0 radical (unpaired) electrons. The van der Waals surface area contributed by atoms with Gasteiger partial charge in [0.05, 0.1) is 6.04 Å². The van der Waals surface area contributed by atoms with E-state index < -0.39 is 12.5 Å². The van der Waals surface area contributed by atoms with E-state index in [1.165, 1.54) is 12.1 Å². The van der Waals surface area contributed by atoms with E-state index in [-0.39, 0.29) is 17.7 Å². The van der Waals surface area contributed by atoms with Crippen LogP contribution in [0.5, 0.6) is 0 Å². The zero-order valence-electron chi connectivity index (χ0n) is 12.8. The molecule has 0 saturated carbocycles. The monoisotopic (exact) mass is 307 g/mol. The number of hydrogen-bond donors (Lipinski definition) is 1. The van der Waals surface area contributed by atoms with Crippen molar-refractivity contribution in [2.45, 2.75) is 33.4 Å². The minimum absolute atomic E-state index is 0.0398. The highest BCUT2D eigenvalue weighted by Crippen LogP contribution is 2.23. The van der Waals surface area contributed by atoms with Gasteiger partial charge in [0.1, 0.15) is 5.69 Å². The first kappa shape index (κ1) is 16.1. The lowest BCUT2D eigenvalue weighted by molar-refractivity contribution is 0.0611. The lowest BCUT2D eigenvalue weighted by Crippen LogP contribution is -2.33. The van der Waals surface area contributed by atoms with E-state index in [4.69, 9.17) is 0 Å². The largest absolute Gasteiger partial charge is 0.344 e. The van der Waals surface area contributed by atoms with Crippen molar-refractivity contribution in [3.8, 4) is 0 Å². The highest BCUT2D eigenvalue weighted by Gasteiger charge is 2.23. The molecule has 0 bridgehead atoms. The lowest BCUT2D eigenvalue weighted by atomic mass is 9.97. The van der Waals surface area contributed by atoms with Crippen molar-refractivity contribution in [1.82, 2.24) is 14.9 Å².